The van der Waals surface area contributed by atoms with Gasteiger partial charge in [0.05, 0.1) is 0 Å². The van der Waals surface area contributed by atoms with E-state index in [0.717, 1.165) is 6.42 Å². The van der Waals surface area contributed by atoms with E-state index in [2.05, 4.69) is 68.1 Å². The first-order valence-corrected chi connectivity index (χ1v) is 7.04. The van der Waals surface area contributed by atoms with Crippen LogP contribution in [0.5, 0.6) is 0 Å². The highest BCUT2D eigenvalue weighted by molar-refractivity contribution is 6.23. The summed E-state index contributed by atoms with van der Waals surface area (Å²) in [6.07, 6.45) is 0.953. The summed E-state index contributed by atoms with van der Waals surface area (Å²) < 4.78 is 0. The van der Waals surface area contributed by atoms with Gasteiger partial charge in [-0.1, -0.05) is 66.7 Å². The van der Waals surface area contributed by atoms with E-state index in [0.29, 0.717) is 0 Å². The van der Waals surface area contributed by atoms with Gasteiger partial charge in [0.1, 0.15) is 0 Å². The van der Waals surface area contributed by atoms with Crippen LogP contribution in [-0.4, -0.2) is 0 Å². The van der Waals surface area contributed by atoms with Crippen LogP contribution < -0.4 is 0 Å². The smallest absolute Gasteiger partial charge is 0.00239 e. The van der Waals surface area contributed by atoms with Crippen molar-refractivity contribution in [2.75, 3.05) is 0 Å². The van der Waals surface area contributed by atoms with Crippen LogP contribution in [0.15, 0.2) is 66.7 Å². The average Bonchev–Trinajstić information content (AvgIpc) is 2.46. The summed E-state index contributed by atoms with van der Waals surface area (Å²) in [5.41, 5.74) is 2.59. The summed E-state index contributed by atoms with van der Waals surface area (Å²) in [6, 6.07) is 20.0. The molecule has 4 aromatic carbocycles. The van der Waals surface area contributed by atoms with Gasteiger partial charge in [-0.3, -0.25) is 0 Å². The lowest BCUT2D eigenvalue weighted by Crippen LogP contribution is -1.90. The van der Waals surface area contributed by atoms with E-state index in [9.17, 15) is 0 Å². The Morgan fingerprint density at radius 3 is 2.10 bits per heavy atom. The molecule has 0 aliphatic rings. The summed E-state index contributed by atoms with van der Waals surface area (Å²) in [5, 5.41) is 8.15. The van der Waals surface area contributed by atoms with Crippen molar-refractivity contribution in [3.8, 4) is 0 Å². The fraction of sp³-hybridized carbons (Fsp3) is 0.100. The summed E-state index contributed by atoms with van der Waals surface area (Å²) in [7, 11) is 0. The van der Waals surface area contributed by atoms with E-state index >= 15 is 0 Å². The largest absolute Gasteiger partial charge is 0.0998 e. The molecule has 0 N–H and O–H groups in total. The maximum absolute atomic E-state index is 4.06. The normalized spacial score (nSPS) is 11.7. The van der Waals surface area contributed by atoms with E-state index in [1.165, 1.54) is 43.5 Å². The van der Waals surface area contributed by atoms with E-state index in [4.69, 9.17) is 0 Å². The second-order valence-electron chi connectivity index (χ2n) is 5.71. The van der Waals surface area contributed by atoms with E-state index < -0.39 is 0 Å². The first-order valence-electron chi connectivity index (χ1n) is 7.04. The molecule has 20 heavy (non-hydrogen) atoms. The third-order valence-corrected chi connectivity index (χ3v) is 4.11. The fourth-order valence-electron chi connectivity index (χ4n) is 3.27. The van der Waals surface area contributed by atoms with Gasteiger partial charge < -0.3 is 0 Å². The van der Waals surface area contributed by atoms with Crippen LogP contribution in [0, 0.1) is 0 Å². The van der Waals surface area contributed by atoms with Gasteiger partial charge in [-0.2, -0.15) is 0 Å². The van der Waals surface area contributed by atoms with Gasteiger partial charge in [-0.15, -0.1) is 0 Å². The van der Waals surface area contributed by atoms with Crippen LogP contribution in [0.25, 0.3) is 32.3 Å². The highest BCUT2D eigenvalue weighted by Crippen LogP contribution is 2.36. The van der Waals surface area contributed by atoms with Crippen molar-refractivity contribution in [2.24, 2.45) is 0 Å². The molecule has 0 nitrogen and oxygen atoms in total. The highest BCUT2D eigenvalue weighted by Gasteiger charge is 2.10. The van der Waals surface area contributed by atoms with E-state index in [1.54, 1.807) is 0 Å². The van der Waals surface area contributed by atoms with Gasteiger partial charge in [-0.25, -0.2) is 0 Å². The summed E-state index contributed by atoms with van der Waals surface area (Å²) in [5.74, 6) is 0. The Bertz CT molecular complexity index is 928. The van der Waals surface area contributed by atoms with Crippen LogP contribution in [0.3, 0.4) is 0 Å². The lowest BCUT2D eigenvalue weighted by molar-refractivity contribution is 1.17. The van der Waals surface area contributed by atoms with Crippen molar-refractivity contribution in [1.29, 1.82) is 0 Å². The number of rotatable bonds is 2. The summed E-state index contributed by atoms with van der Waals surface area (Å²) in [4.78, 5) is 0. The van der Waals surface area contributed by atoms with E-state index in [-0.39, 0.29) is 0 Å². The lowest BCUT2D eigenvalue weighted by atomic mass is 9.90. The minimum Gasteiger partial charge on any atom is -0.0998 e. The van der Waals surface area contributed by atoms with Crippen molar-refractivity contribution < 1.29 is 0 Å². The van der Waals surface area contributed by atoms with Gasteiger partial charge in [0, 0.05) is 0 Å². The summed E-state index contributed by atoms with van der Waals surface area (Å²) in [6.45, 7) is 6.15. The van der Waals surface area contributed by atoms with Gasteiger partial charge >= 0.3 is 0 Å². The Morgan fingerprint density at radius 2 is 1.40 bits per heavy atom. The maximum Gasteiger partial charge on any atom is -0.00239 e. The predicted molar refractivity (Wildman–Crippen MR) is 88.7 cm³/mol. The molecule has 0 saturated carbocycles. The Labute approximate surface area is 118 Å². The van der Waals surface area contributed by atoms with Crippen molar-refractivity contribution in [1.82, 2.24) is 0 Å². The molecule has 0 radical (unpaired) electrons. The molecule has 0 saturated heterocycles. The van der Waals surface area contributed by atoms with Gasteiger partial charge in [0.2, 0.25) is 0 Å². The molecule has 0 aliphatic heterocycles. The second kappa shape index (κ2) is 4.08. The van der Waals surface area contributed by atoms with Crippen LogP contribution in [0.4, 0.5) is 0 Å². The zero-order valence-corrected chi connectivity index (χ0v) is 11.6. The molecule has 0 unspecified atom stereocenters. The van der Waals surface area contributed by atoms with Gasteiger partial charge in [0.15, 0.2) is 0 Å². The quantitative estimate of drug-likeness (QED) is 0.318. The van der Waals surface area contributed by atoms with Crippen molar-refractivity contribution in [3.05, 3.63) is 72.3 Å². The monoisotopic (exact) mass is 256 g/mol. The third kappa shape index (κ3) is 1.55. The lowest BCUT2D eigenvalue weighted by Gasteiger charge is -2.13. The van der Waals surface area contributed by atoms with Crippen LogP contribution in [0.2, 0.25) is 0 Å². The Balaban J connectivity index is 2.23. The Kier molecular flexibility index (Phi) is 2.34. The summed E-state index contributed by atoms with van der Waals surface area (Å²) >= 11 is 0. The molecule has 0 spiro atoms. The van der Waals surface area contributed by atoms with Crippen LogP contribution >= 0.6 is 0 Å². The van der Waals surface area contributed by atoms with Crippen molar-refractivity contribution >= 4 is 32.3 Å². The molecular formula is C20H16. The minimum atomic E-state index is 0.953. The maximum atomic E-state index is 4.06. The molecule has 0 heteroatoms. The van der Waals surface area contributed by atoms with Gasteiger partial charge in [-0.05, 0) is 51.2 Å². The van der Waals surface area contributed by atoms with Crippen molar-refractivity contribution in [2.45, 2.75) is 13.3 Å². The second-order valence-corrected chi connectivity index (χ2v) is 5.71. The first-order chi connectivity index (χ1) is 9.74. The third-order valence-electron chi connectivity index (χ3n) is 4.11. The van der Waals surface area contributed by atoms with Crippen LogP contribution in [0.1, 0.15) is 12.5 Å². The molecule has 0 heterocycles. The number of allylic oxidation sites excluding steroid dienone is 1. The predicted octanol–water partition coefficient (Wildman–Crippen LogP) is 5.70. The first kappa shape index (κ1) is 11.5. The fourth-order valence-corrected chi connectivity index (χ4v) is 3.27. The molecule has 4 rings (SSSR count). The zero-order valence-electron chi connectivity index (χ0n) is 11.6. The van der Waals surface area contributed by atoms with Crippen LogP contribution in [-0.2, 0) is 6.42 Å². The Hall–Kier alpha value is -2.34. The molecule has 0 fully saturated rings. The number of benzene rings is 4. The topological polar surface area (TPSA) is 0 Å². The standard InChI is InChI=1S/C20H16/c1-13(2)12-17-9-8-16-7-6-14-4-3-5-15-10-11-18(17)20(16)19(14)15/h3-11H,1,12H2,2H3. The molecular weight excluding hydrogens is 240 g/mol. The molecule has 0 aromatic heterocycles. The van der Waals surface area contributed by atoms with Crippen molar-refractivity contribution in [3.63, 3.8) is 0 Å². The zero-order chi connectivity index (χ0) is 13.7. The Morgan fingerprint density at radius 1 is 0.800 bits per heavy atom. The molecule has 96 valence electrons. The molecule has 0 amide bonds. The average molecular weight is 256 g/mol. The number of hydrogen-bond acceptors (Lipinski definition) is 0. The highest BCUT2D eigenvalue weighted by atomic mass is 14.1. The molecule has 0 atom stereocenters. The molecule has 0 bridgehead atoms. The molecule has 0 aliphatic carbocycles. The van der Waals surface area contributed by atoms with Gasteiger partial charge in [0.25, 0.3) is 0 Å². The molecule has 4 aromatic rings. The minimum absolute atomic E-state index is 0.953. The number of hydrogen-bond donors (Lipinski definition) is 0. The SMILES string of the molecule is C=C(C)Cc1ccc2ccc3cccc4ccc1c2c34. The van der Waals surface area contributed by atoms with E-state index in [1.807, 2.05) is 0 Å².